The van der Waals surface area contributed by atoms with Crippen LogP contribution in [-0.4, -0.2) is 19.9 Å². The minimum absolute atomic E-state index is 0.792. The molecule has 1 aromatic carbocycles. The summed E-state index contributed by atoms with van der Waals surface area (Å²) in [6.07, 6.45) is 5.41. The molecule has 0 atom stereocenters. The molecule has 0 aliphatic carbocycles. The highest BCUT2D eigenvalue weighted by Gasteiger charge is 2.24. The molecule has 5 rings (SSSR count). The fraction of sp³-hybridized carbons (Fsp3) is 0.136. The van der Waals surface area contributed by atoms with Crippen LogP contribution in [0.3, 0.4) is 0 Å². The molecule has 27 heavy (non-hydrogen) atoms. The SMILES string of the molecule is Cc1cc(C)c(-c2nc3c([nH]2)-c2ccncc2Nc2ncccc2-3)cc1C. The minimum Gasteiger partial charge on any atom is -0.338 e. The molecule has 5 heteroatoms. The summed E-state index contributed by atoms with van der Waals surface area (Å²) in [5, 5.41) is 3.39. The lowest BCUT2D eigenvalue weighted by Crippen LogP contribution is -1.96. The van der Waals surface area contributed by atoms with E-state index in [0.717, 1.165) is 45.4 Å². The Morgan fingerprint density at radius 2 is 1.70 bits per heavy atom. The van der Waals surface area contributed by atoms with Gasteiger partial charge in [-0.3, -0.25) is 4.98 Å². The van der Waals surface area contributed by atoms with Crippen molar-refractivity contribution in [3.63, 3.8) is 0 Å². The number of H-pyrrole nitrogens is 1. The Hall–Kier alpha value is -3.47. The summed E-state index contributed by atoms with van der Waals surface area (Å²) in [4.78, 5) is 17.3. The second-order valence-corrected chi connectivity index (χ2v) is 7.01. The van der Waals surface area contributed by atoms with Gasteiger partial charge < -0.3 is 10.3 Å². The molecule has 5 nitrogen and oxygen atoms in total. The van der Waals surface area contributed by atoms with E-state index in [4.69, 9.17) is 4.98 Å². The maximum atomic E-state index is 5.00. The Morgan fingerprint density at radius 1 is 0.852 bits per heavy atom. The molecule has 3 aromatic heterocycles. The highest BCUT2D eigenvalue weighted by atomic mass is 15.0. The maximum Gasteiger partial charge on any atom is 0.139 e. The van der Waals surface area contributed by atoms with Gasteiger partial charge in [-0.2, -0.15) is 0 Å². The van der Waals surface area contributed by atoms with Crippen molar-refractivity contribution in [3.05, 3.63) is 65.6 Å². The maximum absolute atomic E-state index is 5.00. The van der Waals surface area contributed by atoms with E-state index in [1.807, 2.05) is 24.4 Å². The fourth-order valence-corrected chi connectivity index (χ4v) is 3.64. The summed E-state index contributed by atoms with van der Waals surface area (Å²) >= 11 is 0. The van der Waals surface area contributed by atoms with Gasteiger partial charge in [-0.25, -0.2) is 9.97 Å². The summed E-state index contributed by atoms with van der Waals surface area (Å²) in [7, 11) is 0. The Morgan fingerprint density at radius 3 is 2.59 bits per heavy atom. The summed E-state index contributed by atoms with van der Waals surface area (Å²) in [5.41, 5.74) is 9.72. The molecule has 4 heterocycles. The van der Waals surface area contributed by atoms with Gasteiger partial charge in [0.25, 0.3) is 0 Å². The topological polar surface area (TPSA) is 66.5 Å². The molecule has 0 unspecified atom stereocenters. The third-order valence-corrected chi connectivity index (χ3v) is 5.21. The molecule has 132 valence electrons. The molecular formula is C22H19N5. The Kier molecular flexibility index (Phi) is 3.37. The second-order valence-electron chi connectivity index (χ2n) is 7.01. The number of nitrogens with zero attached hydrogens (tertiary/aromatic N) is 3. The average Bonchev–Trinajstić information content (AvgIpc) is 3.05. The van der Waals surface area contributed by atoms with Crippen LogP contribution in [0.4, 0.5) is 11.5 Å². The fourth-order valence-electron chi connectivity index (χ4n) is 3.64. The number of hydrogen-bond acceptors (Lipinski definition) is 4. The van der Waals surface area contributed by atoms with E-state index >= 15 is 0 Å². The van der Waals surface area contributed by atoms with Gasteiger partial charge >= 0.3 is 0 Å². The van der Waals surface area contributed by atoms with Crippen molar-refractivity contribution in [2.24, 2.45) is 0 Å². The Bertz CT molecular complexity index is 1130. The van der Waals surface area contributed by atoms with E-state index in [1.165, 1.54) is 16.7 Å². The number of aromatic nitrogens is 4. The van der Waals surface area contributed by atoms with Gasteiger partial charge in [-0.15, -0.1) is 0 Å². The van der Waals surface area contributed by atoms with Crippen LogP contribution in [0.5, 0.6) is 0 Å². The van der Waals surface area contributed by atoms with Crippen molar-refractivity contribution >= 4 is 11.5 Å². The second kappa shape index (κ2) is 5.77. The van der Waals surface area contributed by atoms with Crippen molar-refractivity contribution in [1.29, 1.82) is 0 Å². The van der Waals surface area contributed by atoms with Crippen LogP contribution in [0.1, 0.15) is 16.7 Å². The standard InChI is InChI=1S/C22H19N5/c1-12-9-14(3)17(10-13(12)2)22-26-19-15-6-8-23-11-18(15)25-21-16(20(19)27-22)5-4-7-24-21/h4-11H,1-3H3,(H,24,25)(H,26,27). The van der Waals surface area contributed by atoms with Gasteiger partial charge in [0.05, 0.1) is 17.6 Å². The number of imidazole rings is 1. The summed E-state index contributed by atoms with van der Waals surface area (Å²) in [6.45, 7) is 6.40. The van der Waals surface area contributed by atoms with Crippen LogP contribution >= 0.6 is 0 Å². The molecule has 0 saturated heterocycles. The summed E-state index contributed by atoms with van der Waals surface area (Å²) in [5.74, 6) is 1.67. The number of aryl methyl sites for hydroxylation is 3. The smallest absolute Gasteiger partial charge is 0.139 e. The lowest BCUT2D eigenvalue weighted by molar-refractivity contribution is 1.24. The van der Waals surface area contributed by atoms with Gasteiger partial charge in [-0.05, 0) is 61.7 Å². The average molecular weight is 353 g/mol. The highest BCUT2D eigenvalue weighted by molar-refractivity contribution is 5.95. The molecule has 0 radical (unpaired) electrons. The van der Waals surface area contributed by atoms with E-state index in [-0.39, 0.29) is 0 Å². The van der Waals surface area contributed by atoms with Gasteiger partial charge in [0, 0.05) is 29.1 Å². The van der Waals surface area contributed by atoms with E-state index in [2.05, 4.69) is 53.2 Å². The lowest BCUT2D eigenvalue weighted by atomic mass is 10.0. The predicted molar refractivity (Wildman–Crippen MR) is 108 cm³/mol. The number of benzene rings is 1. The van der Waals surface area contributed by atoms with Crippen LogP contribution in [0, 0.1) is 20.8 Å². The molecule has 4 aromatic rings. The number of pyridine rings is 2. The van der Waals surface area contributed by atoms with Crippen LogP contribution in [0.15, 0.2) is 48.9 Å². The zero-order valence-corrected chi connectivity index (χ0v) is 15.5. The molecule has 2 N–H and O–H groups in total. The van der Waals surface area contributed by atoms with Gasteiger partial charge in [-0.1, -0.05) is 6.07 Å². The van der Waals surface area contributed by atoms with Gasteiger partial charge in [0.1, 0.15) is 17.3 Å². The molecule has 0 spiro atoms. The summed E-state index contributed by atoms with van der Waals surface area (Å²) < 4.78 is 0. The predicted octanol–water partition coefficient (Wildman–Crippen LogP) is 5.18. The van der Waals surface area contributed by atoms with Crippen LogP contribution in [0.2, 0.25) is 0 Å². The van der Waals surface area contributed by atoms with E-state index < -0.39 is 0 Å². The minimum atomic E-state index is 0.792. The van der Waals surface area contributed by atoms with Gasteiger partial charge in [0.15, 0.2) is 0 Å². The zero-order chi connectivity index (χ0) is 18.5. The van der Waals surface area contributed by atoms with Crippen molar-refractivity contribution < 1.29 is 0 Å². The molecule has 0 amide bonds. The molecule has 1 aliphatic rings. The first-order valence-corrected chi connectivity index (χ1v) is 8.97. The third-order valence-electron chi connectivity index (χ3n) is 5.21. The van der Waals surface area contributed by atoms with E-state index in [9.17, 15) is 0 Å². The van der Waals surface area contributed by atoms with Crippen molar-refractivity contribution in [2.75, 3.05) is 5.32 Å². The van der Waals surface area contributed by atoms with Crippen molar-refractivity contribution in [2.45, 2.75) is 20.8 Å². The molecule has 1 aliphatic heterocycles. The van der Waals surface area contributed by atoms with E-state index in [0.29, 0.717) is 0 Å². The normalized spacial score (nSPS) is 11.8. The number of nitrogens with one attached hydrogen (secondary N) is 2. The van der Waals surface area contributed by atoms with Crippen molar-refractivity contribution in [3.8, 4) is 33.9 Å². The number of anilines is 2. The zero-order valence-electron chi connectivity index (χ0n) is 15.5. The molecule has 0 saturated carbocycles. The van der Waals surface area contributed by atoms with Crippen LogP contribution in [-0.2, 0) is 0 Å². The quantitative estimate of drug-likeness (QED) is 0.435. The van der Waals surface area contributed by atoms with Crippen molar-refractivity contribution in [1.82, 2.24) is 19.9 Å². The van der Waals surface area contributed by atoms with E-state index in [1.54, 1.807) is 12.4 Å². The Labute approximate surface area is 157 Å². The number of rotatable bonds is 1. The first-order chi connectivity index (χ1) is 13.1. The monoisotopic (exact) mass is 353 g/mol. The highest BCUT2D eigenvalue weighted by Crippen LogP contribution is 2.43. The van der Waals surface area contributed by atoms with Gasteiger partial charge in [0.2, 0.25) is 0 Å². The molecule has 0 fully saturated rings. The number of fused-ring (bicyclic) bond motifs is 5. The first-order valence-electron chi connectivity index (χ1n) is 8.97. The lowest BCUT2D eigenvalue weighted by Gasteiger charge is -2.09. The first kappa shape index (κ1) is 15.8. The number of hydrogen-bond donors (Lipinski definition) is 2. The van der Waals surface area contributed by atoms with Crippen LogP contribution < -0.4 is 5.32 Å². The third kappa shape index (κ3) is 2.43. The largest absolute Gasteiger partial charge is 0.338 e. The number of aromatic amines is 1. The molecular weight excluding hydrogens is 334 g/mol. The van der Waals surface area contributed by atoms with Crippen LogP contribution in [0.25, 0.3) is 33.9 Å². The summed E-state index contributed by atoms with van der Waals surface area (Å²) in [6, 6.07) is 10.4. The molecule has 0 bridgehead atoms. The Balaban J connectivity index is 1.80.